The molecule has 0 rings (SSSR count). The van der Waals surface area contributed by atoms with Gasteiger partial charge in [0.05, 0.1) is 6.54 Å². The van der Waals surface area contributed by atoms with Gasteiger partial charge in [-0.2, -0.15) is 0 Å². The molecule has 0 aliphatic carbocycles. The first-order valence-corrected chi connectivity index (χ1v) is 2.06. The van der Waals surface area contributed by atoms with Crippen molar-refractivity contribution < 1.29 is 4.74 Å². The van der Waals surface area contributed by atoms with Crippen molar-refractivity contribution in [3.8, 4) is 11.8 Å². The predicted molar refractivity (Wildman–Crippen MR) is 36.0 cm³/mol. The molecule has 2 nitrogen and oxygen atoms in total. The molecule has 8 heavy (non-hydrogen) atoms. The summed E-state index contributed by atoms with van der Waals surface area (Å²) in [4.78, 5) is 0. The highest BCUT2D eigenvalue weighted by Crippen LogP contribution is 1.58. The number of hydrogen-bond acceptors (Lipinski definition) is 2. The van der Waals surface area contributed by atoms with Crippen molar-refractivity contribution in [3.05, 3.63) is 0 Å². The van der Waals surface area contributed by atoms with Crippen LogP contribution in [-0.2, 0) is 4.74 Å². The molecule has 48 valence electrons. The van der Waals surface area contributed by atoms with Gasteiger partial charge in [0.15, 0.2) is 0 Å². The van der Waals surface area contributed by atoms with Gasteiger partial charge in [-0.25, -0.2) is 0 Å². The molecule has 0 aromatic rings. The van der Waals surface area contributed by atoms with E-state index in [1.807, 2.05) is 0 Å². The predicted octanol–water partition coefficient (Wildman–Crippen LogP) is 0.0167. The second-order valence-electron chi connectivity index (χ2n) is 0.991. The van der Waals surface area contributed by atoms with Crippen LogP contribution in [0.15, 0.2) is 0 Å². The first kappa shape index (κ1) is 10.7. The van der Waals surface area contributed by atoms with Gasteiger partial charge in [0.2, 0.25) is 0 Å². The fraction of sp³-hybridized carbons (Fsp3) is 0.600. The molecule has 0 radical (unpaired) electrons. The molecule has 0 saturated heterocycles. The van der Waals surface area contributed by atoms with Gasteiger partial charge >= 0.3 is 0 Å². The summed E-state index contributed by atoms with van der Waals surface area (Å²) in [5, 5.41) is 0. The average molecular weight is 136 g/mol. The summed E-state index contributed by atoms with van der Waals surface area (Å²) in [6.07, 6.45) is 0. The van der Waals surface area contributed by atoms with E-state index >= 15 is 0 Å². The smallest absolute Gasteiger partial charge is 0.107 e. The highest BCUT2D eigenvalue weighted by atomic mass is 35.5. The zero-order valence-electron chi connectivity index (χ0n) is 4.81. The monoisotopic (exact) mass is 135 g/mol. The van der Waals surface area contributed by atoms with Crippen LogP contribution in [-0.4, -0.2) is 20.3 Å². The molecule has 3 heteroatoms. The summed E-state index contributed by atoms with van der Waals surface area (Å²) >= 11 is 0. The van der Waals surface area contributed by atoms with Crippen molar-refractivity contribution in [3.63, 3.8) is 0 Å². The number of rotatable bonds is 1. The van der Waals surface area contributed by atoms with E-state index in [1.165, 1.54) is 0 Å². The quantitative estimate of drug-likeness (QED) is 0.515. The summed E-state index contributed by atoms with van der Waals surface area (Å²) in [7, 11) is 1.60. The first-order chi connectivity index (χ1) is 3.41. The van der Waals surface area contributed by atoms with Crippen molar-refractivity contribution in [2.24, 2.45) is 5.73 Å². The molecule has 0 aromatic heterocycles. The Labute approximate surface area is 55.8 Å². The Hall–Kier alpha value is -0.230. The van der Waals surface area contributed by atoms with Gasteiger partial charge in [0.1, 0.15) is 6.61 Å². The Kier molecular flexibility index (Phi) is 13.2. The lowest BCUT2D eigenvalue weighted by Crippen LogP contribution is -1.93. The summed E-state index contributed by atoms with van der Waals surface area (Å²) in [6.45, 7) is 0.903. The SMILES string of the molecule is COCC#CCN.Cl. The van der Waals surface area contributed by atoms with E-state index < -0.39 is 0 Å². The van der Waals surface area contributed by atoms with E-state index in [0.29, 0.717) is 13.2 Å². The lowest BCUT2D eigenvalue weighted by atomic mass is 10.6. The molecule has 0 saturated carbocycles. The van der Waals surface area contributed by atoms with Crippen LogP contribution in [0.3, 0.4) is 0 Å². The van der Waals surface area contributed by atoms with Crippen LogP contribution in [0, 0.1) is 11.8 Å². The van der Waals surface area contributed by atoms with Gasteiger partial charge in [0.25, 0.3) is 0 Å². The van der Waals surface area contributed by atoms with Crippen LogP contribution < -0.4 is 5.73 Å². The molecule has 0 atom stereocenters. The van der Waals surface area contributed by atoms with Crippen LogP contribution in [0.4, 0.5) is 0 Å². The van der Waals surface area contributed by atoms with Crippen molar-refractivity contribution in [2.45, 2.75) is 0 Å². The number of halogens is 1. The van der Waals surface area contributed by atoms with E-state index in [1.54, 1.807) is 7.11 Å². The van der Waals surface area contributed by atoms with Crippen molar-refractivity contribution in [1.29, 1.82) is 0 Å². The lowest BCUT2D eigenvalue weighted by Gasteiger charge is -1.79. The zero-order chi connectivity index (χ0) is 5.54. The third-order valence-corrected chi connectivity index (χ3v) is 0.444. The maximum absolute atomic E-state index is 5.04. The molecular weight excluding hydrogens is 126 g/mol. The van der Waals surface area contributed by atoms with Crippen molar-refractivity contribution in [1.82, 2.24) is 0 Å². The minimum Gasteiger partial charge on any atom is -0.372 e. The average Bonchev–Trinajstić information content (AvgIpc) is 1.69. The van der Waals surface area contributed by atoms with E-state index in [4.69, 9.17) is 5.73 Å². The highest BCUT2D eigenvalue weighted by molar-refractivity contribution is 5.85. The van der Waals surface area contributed by atoms with E-state index in [2.05, 4.69) is 16.6 Å². The fourth-order valence-electron chi connectivity index (χ4n) is 0.195. The van der Waals surface area contributed by atoms with Gasteiger partial charge in [-0.15, -0.1) is 12.4 Å². The molecule has 0 bridgehead atoms. The Morgan fingerprint density at radius 3 is 2.50 bits per heavy atom. The summed E-state index contributed by atoms with van der Waals surface area (Å²) in [6, 6.07) is 0. The molecule has 0 aliphatic heterocycles. The highest BCUT2D eigenvalue weighted by Gasteiger charge is 1.63. The number of methoxy groups -OCH3 is 1. The van der Waals surface area contributed by atoms with Crippen LogP contribution in [0.25, 0.3) is 0 Å². The molecule has 0 spiro atoms. The largest absolute Gasteiger partial charge is 0.372 e. The third kappa shape index (κ3) is 9.24. The Morgan fingerprint density at radius 1 is 1.50 bits per heavy atom. The maximum Gasteiger partial charge on any atom is 0.107 e. The third-order valence-electron chi connectivity index (χ3n) is 0.444. The van der Waals surface area contributed by atoms with E-state index in [-0.39, 0.29) is 12.4 Å². The second kappa shape index (κ2) is 9.91. The van der Waals surface area contributed by atoms with Crippen molar-refractivity contribution in [2.75, 3.05) is 20.3 Å². The van der Waals surface area contributed by atoms with Gasteiger partial charge in [-0.3, -0.25) is 0 Å². The Morgan fingerprint density at radius 2 is 2.12 bits per heavy atom. The fourth-order valence-corrected chi connectivity index (χ4v) is 0.195. The Bertz CT molecular complexity index is 84.2. The Balaban J connectivity index is 0. The standard InChI is InChI=1S/C5H9NO.ClH/c1-7-5-3-2-4-6;/h4-6H2,1H3;1H. The zero-order valence-corrected chi connectivity index (χ0v) is 5.62. The van der Waals surface area contributed by atoms with Crippen LogP contribution in [0.1, 0.15) is 0 Å². The molecule has 0 heterocycles. The number of hydrogen-bond donors (Lipinski definition) is 1. The maximum atomic E-state index is 5.04. The number of ether oxygens (including phenoxy) is 1. The molecule has 2 N–H and O–H groups in total. The van der Waals surface area contributed by atoms with Crippen LogP contribution in [0.2, 0.25) is 0 Å². The summed E-state index contributed by atoms with van der Waals surface area (Å²) in [5.41, 5.74) is 5.04. The van der Waals surface area contributed by atoms with Gasteiger partial charge in [0, 0.05) is 7.11 Å². The van der Waals surface area contributed by atoms with Crippen LogP contribution in [0.5, 0.6) is 0 Å². The van der Waals surface area contributed by atoms with Crippen molar-refractivity contribution >= 4 is 12.4 Å². The van der Waals surface area contributed by atoms with E-state index in [9.17, 15) is 0 Å². The number of nitrogens with two attached hydrogens (primary N) is 1. The minimum atomic E-state index is 0. The van der Waals surface area contributed by atoms with Crippen LogP contribution >= 0.6 is 12.4 Å². The second-order valence-corrected chi connectivity index (χ2v) is 0.991. The summed E-state index contributed by atoms with van der Waals surface area (Å²) in [5.74, 6) is 5.34. The topological polar surface area (TPSA) is 35.2 Å². The van der Waals surface area contributed by atoms with Gasteiger partial charge in [-0.1, -0.05) is 11.8 Å². The lowest BCUT2D eigenvalue weighted by molar-refractivity contribution is 0.239. The van der Waals surface area contributed by atoms with Gasteiger partial charge in [-0.05, 0) is 0 Å². The van der Waals surface area contributed by atoms with E-state index in [0.717, 1.165) is 0 Å². The molecule has 0 amide bonds. The summed E-state index contributed by atoms with van der Waals surface area (Å²) < 4.78 is 4.61. The molecule has 0 aliphatic rings. The van der Waals surface area contributed by atoms with Gasteiger partial charge < -0.3 is 10.5 Å². The first-order valence-electron chi connectivity index (χ1n) is 2.06. The normalized spacial score (nSPS) is 6.25. The molecular formula is C5H10ClNO. The molecule has 0 fully saturated rings. The minimum absolute atomic E-state index is 0. The molecule has 0 unspecified atom stereocenters. The molecule has 0 aromatic carbocycles.